The van der Waals surface area contributed by atoms with Crippen LogP contribution in [0.2, 0.25) is 0 Å². The number of aryl methyl sites for hydroxylation is 1. The number of ether oxygens (including phenoxy) is 3. The second-order valence-corrected chi connectivity index (χ2v) is 8.58. The van der Waals surface area contributed by atoms with E-state index in [1.54, 1.807) is 31.0 Å². The van der Waals surface area contributed by atoms with Gasteiger partial charge in [-0.3, -0.25) is 4.98 Å². The van der Waals surface area contributed by atoms with Crippen molar-refractivity contribution in [3.8, 4) is 11.4 Å². The third-order valence-electron chi connectivity index (χ3n) is 6.09. The normalized spacial score (nSPS) is 15.6. The summed E-state index contributed by atoms with van der Waals surface area (Å²) in [4.78, 5) is 23.7. The first-order chi connectivity index (χ1) is 18.6. The second kappa shape index (κ2) is 11.3. The Bertz CT molecular complexity index is 1380. The number of methoxy groups -OCH3 is 1. The van der Waals surface area contributed by atoms with E-state index in [9.17, 15) is 4.79 Å². The van der Waals surface area contributed by atoms with E-state index >= 15 is 0 Å². The number of rotatable bonds is 7. The van der Waals surface area contributed by atoms with Crippen molar-refractivity contribution >= 4 is 23.2 Å². The number of hydrogen-bond donors (Lipinski definition) is 2. The molecule has 0 saturated carbocycles. The van der Waals surface area contributed by atoms with Gasteiger partial charge in [-0.2, -0.15) is 9.67 Å². The fraction of sp³-hybridized carbons (Fsp3) is 0.360. The van der Waals surface area contributed by atoms with Crippen molar-refractivity contribution in [1.82, 2.24) is 35.4 Å². The van der Waals surface area contributed by atoms with Crippen LogP contribution in [-0.2, 0) is 9.47 Å². The topological polar surface area (TPSA) is 141 Å². The van der Waals surface area contributed by atoms with Gasteiger partial charge in [0, 0.05) is 61.0 Å². The molecule has 1 saturated heterocycles. The first-order valence-corrected chi connectivity index (χ1v) is 12.3. The van der Waals surface area contributed by atoms with Crippen molar-refractivity contribution in [1.29, 1.82) is 0 Å². The summed E-state index contributed by atoms with van der Waals surface area (Å²) in [6.45, 7) is 6.97. The first-order valence-electron chi connectivity index (χ1n) is 12.3. The molecule has 0 unspecified atom stereocenters. The molecule has 5 rings (SSSR count). The molecule has 2 aliphatic heterocycles. The Morgan fingerprint density at radius 3 is 2.76 bits per heavy atom. The van der Waals surface area contributed by atoms with E-state index in [-0.39, 0.29) is 0 Å². The van der Waals surface area contributed by atoms with E-state index in [0.717, 1.165) is 28.3 Å². The summed E-state index contributed by atoms with van der Waals surface area (Å²) in [7, 11) is 1.61. The lowest BCUT2D eigenvalue weighted by Crippen LogP contribution is -2.41. The highest BCUT2D eigenvalue weighted by Gasteiger charge is 2.24. The van der Waals surface area contributed by atoms with Gasteiger partial charge in [-0.25, -0.2) is 4.79 Å². The van der Waals surface area contributed by atoms with Crippen LogP contribution in [-0.4, -0.2) is 88.6 Å². The molecule has 0 spiro atoms. The molecule has 4 heterocycles. The highest BCUT2D eigenvalue weighted by atomic mass is 16.5. The maximum absolute atomic E-state index is 12.3. The Balaban J connectivity index is 1.50. The predicted molar refractivity (Wildman–Crippen MR) is 139 cm³/mol. The van der Waals surface area contributed by atoms with E-state index in [4.69, 9.17) is 19.2 Å². The van der Waals surface area contributed by atoms with Gasteiger partial charge < -0.3 is 29.7 Å². The zero-order valence-electron chi connectivity index (χ0n) is 21.5. The highest BCUT2D eigenvalue weighted by molar-refractivity contribution is 5.98. The average Bonchev–Trinajstić information content (AvgIpc) is 3.39. The molecule has 0 atom stereocenters. The Kier molecular flexibility index (Phi) is 7.45. The largest absolute Gasteiger partial charge is 0.497 e. The van der Waals surface area contributed by atoms with E-state index < -0.39 is 5.97 Å². The van der Waals surface area contributed by atoms with Crippen LogP contribution in [0.3, 0.4) is 0 Å². The fourth-order valence-corrected chi connectivity index (χ4v) is 4.24. The molecular formula is C25H29N9O4. The zero-order valence-corrected chi connectivity index (χ0v) is 21.5. The standard InChI is InChI=1S/C25H29N9O4/c1-4-38-24(35)18-9-17(13-26-14-18)22-15-27-25(29-23(22)33-5-7-37-8-6-33)28-19-10-20(12-21(11-19)36-3)34-16(2)30-31-32-34/h9-14H,4-8,15H2,1-3H3,(H2,27,28,29). The Hall–Kier alpha value is -4.52. The number of carbonyl (C=O) groups excluding carboxylic acids is 1. The SMILES string of the molecule is CCOC(=O)c1cncc(C2=C(N3CCOCC3)N=C(Nc3cc(OC)cc(-n4nnnc4C)c3)NC2)c1. The smallest absolute Gasteiger partial charge is 0.339 e. The quantitative estimate of drug-likeness (QED) is 0.440. The molecule has 13 nitrogen and oxygen atoms in total. The van der Waals surface area contributed by atoms with Crippen molar-refractivity contribution < 1.29 is 19.0 Å². The maximum Gasteiger partial charge on any atom is 0.339 e. The van der Waals surface area contributed by atoms with Gasteiger partial charge in [-0.1, -0.05) is 0 Å². The van der Waals surface area contributed by atoms with Crippen LogP contribution in [0.5, 0.6) is 5.75 Å². The zero-order chi connectivity index (χ0) is 26.5. The van der Waals surface area contributed by atoms with Crippen molar-refractivity contribution in [2.75, 3.05) is 51.9 Å². The number of nitrogens with zero attached hydrogens (tertiary/aromatic N) is 7. The minimum atomic E-state index is -0.406. The Morgan fingerprint density at radius 2 is 2.03 bits per heavy atom. The van der Waals surface area contributed by atoms with E-state index in [1.807, 2.05) is 25.1 Å². The van der Waals surface area contributed by atoms with Crippen LogP contribution in [0.1, 0.15) is 28.7 Å². The van der Waals surface area contributed by atoms with Crippen molar-refractivity contribution in [3.05, 3.63) is 59.4 Å². The highest BCUT2D eigenvalue weighted by Crippen LogP contribution is 2.28. The van der Waals surface area contributed by atoms with E-state index in [0.29, 0.717) is 62.6 Å². The lowest BCUT2D eigenvalue weighted by molar-refractivity contribution is 0.0525. The van der Waals surface area contributed by atoms with Crippen LogP contribution < -0.4 is 15.4 Å². The number of anilines is 1. The van der Waals surface area contributed by atoms with Gasteiger partial charge >= 0.3 is 5.97 Å². The summed E-state index contributed by atoms with van der Waals surface area (Å²) in [5.41, 5.74) is 3.61. The van der Waals surface area contributed by atoms with Crippen molar-refractivity contribution in [2.45, 2.75) is 13.8 Å². The number of guanidine groups is 1. The lowest BCUT2D eigenvalue weighted by atomic mass is 10.0. The van der Waals surface area contributed by atoms with Gasteiger partial charge in [0.05, 0.1) is 38.2 Å². The number of carbonyl (C=O) groups is 1. The molecule has 3 aromatic rings. The second-order valence-electron chi connectivity index (χ2n) is 8.58. The first kappa shape index (κ1) is 25.1. The molecule has 1 aromatic carbocycles. The van der Waals surface area contributed by atoms with Gasteiger partial charge in [-0.15, -0.1) is 5.10 Å². The number of pyridine rings is 1. The number of aromatic nitrogens is 5. The fourth-order valence-electron chi connectivity index (χ4n) is 4.24. The van der Waals surface area contributed by atoms with E-state index in [1.165, 1.54) is 6.20 Å². The van der Waals surface area contributed by atoms with Crippen LogP contribution in [0, 0.1) is 6.92 Å². The molecule has 0 bridgehead atoms. The maximum atomic E-state index is 12.3. The molecule has 13 heteroatoms. The molecule has 0 radical (unpaired) electrons. The van der Waals surface area contributed by atoms with Crippen LogP contribution in [0.25, 0.3) is 11.3 Å². The van der Waals surface area contributed by atoms with Gasteiger partial charge in [0.15, 0.2) is 5.82 Å². The number of hydrogen-bond acceptors (Lipinski definition) is 12. The number of aliphatic imine (C=N–C) groups is 1. The number of benzene rings is 1. The summed E-state index contributed by atoms with van der Waals surface area (Å²) in [6, 6.07) is 7.43. The molecular weight excluding hydrogens is 490 g/mol. The minimum Gasteiger partial charge on any atom is -0.497 e. The molecule has 1 fully saturated rings. The molecule has 198 valence electrons. The van der Waals surface area contributed by atoms with Gasteiger partial charge in [0.1, 0.15) is 11.6 Å². The lowest BCUT2D eigenvalue weighted by Gasteiger charge is -2.33. The monoisotopic (exact) mass is 519 g/mol. The molecule has 2 aliphatic rings. The van der Waals surface area contributed by atoms with E-state index in [2.05, 4.69) is 36.0 Å². The molecule has 38 heavy (non-hydrogen) atoms. The summed E-state index contributed by atoms with van der Waals surface area (Å²) in [5.74, 6) is 2.24. The predicted octanol–water partition coefficient (Wildman–Crippen LogP) is 1.62. The Morgan fingerprint density at radius 1 is 1.18 bits per heavy atom. The third kappa shape index (κ3) is 5.42. The number of morpholine rings is 1. The number of esters is 1. The number of tetrazole rings is 1. The van der Waals surface area contributed by atoms with Crippen molar-refractivity contribution in [2.24, 2.45) is 4.99 Å². The van der Waals surface area contributed by atoms with Crippen LogP contribution in [0.15, 0.2) is 47.5 Å². The summed E-state index contributed by atoms with van der Waals surface area (Å²) in [6.07, 6.45) is 3.24. The number of nitrogens with one attached hydrogen (secondary N) is 2. The van der Waals surface area contributed by atoms with Crippen molar-refractivity contribution in [3.63, 3.8) is 0 Å². The summed E-state index contributed by atoms with van der Waals surface area (Å²) in [5, 5.41) is 18.5. The molecule has 0 aliphatic carbocycles. The Labute approximate surface area is 219 Å². The van der Waals surface area contributed by atoms with Gasteiger partial charge in [-0.05, 0) is 36.4 Å². The molecule has 2 N–H and O–H groups in total. The molecule has 0 amide bonds. The summed E-state index contributed by atoms with van der Waals surface area (Å²) < 4.78 is 17.9. The van der Waals surface area contributed by atoms with Crippen LogP contribution in [0.4, 0.5) is 5.69 Å². The average molecular weight is 520 g/mol. The van der Waals surface area contributed by atoms with Gasteiger partial charge in [0.25, 0.3) is 0 Å². The molecule has 2 aromatic heterocycles. The third-order valence-corrected chi connectivity index (χ3v) is 6.09. The minimum absolute atomic E-state index is 0.296. The summed E-state index contributed by atoms with van der Waals surface area (Å²) >= 11 is 0. The van der Waals surface area contributed by atoms with Gasteiger partial charge in [0.2, 0.25) is 5.96 Å². The van der Waals surface area contributed by atoms with Crippen LogP contribution >= 0.6 is 0 Å².